The molecule has 18 heavy (non-hydrogen) atoms. The summed E-state index contributed by atoms with van der Waals surface area (Å²) in [4.78, 5) is 4.29. The third kappa shape index (κ3) is 1.59. The van der Waals surface area contributed by atoms with Crippen molar-refractivity contribution < 1.29 is 4.39 Å². The van der Waals surface area contributed by atoms with Crippen LogP contribution in [0.1, 0.15) is 32.6 Å². The maximum Gasteiger partial charge on any atom is 0.201 e. The third-order valence-electron chi connectivity index (χ3n) is 3.94. The molecule has 0 bridgehead atoms. The standard InChI is InChI=1S/C13H15ClFN3/c1-13(4-2-3-5-13)18-11-7-9(15)8(14)6-10(11)17-12(18)16/h6-7H,2-5H2,1H3,(H2,16,17). The van der Waals surface area contributed by atoms with Crippen molar-refractivity contribution in [1.29, 1.82) is 0 Å². The lowest BCUT2D eigenvalue weighted by molar-refractivity contribution is 0.343. The minimum Gasteiger partial charge on any atom is -0.369 e. The van der Waals surface area contributed by atoms with Crippen molar-refractivity contribution in [2.45, 2.75) is 38.1 Å². The first kappa shape index (κ1) is 11.8. The number of halogens is 2. The zero-order chi connectivity index (χ0) is 12.9. The second-order valence-electron chi connectivity index (χ2n) is 5.26. The van der Waals surface area contributed by atoms with Gasteiger partial charge in [0.05, 0.1) is 16.1 Å². The number of nitrogens with zero attached hydrogens (tertiary/aromatic N) is 2. The molecule has 96 valence electrons. The first-order chi connectivity index (χ1) is 8.51. The summed E-state index contributed by atoms with van der Waals surface area (Å²) in [7, 11) is 0. The van der Waals surface area contributed by atoms with Crippen LogP contribution in [0.2, 0.25) is 5.02 Å². The van der Waals surface area contributed by atoms with E-state index in [-0.39, 0.29) is 10.6 Å². The molecule has 0 aliphatic heterocycles. The number of benzene rings is 1. The minimum absolute atomic E-state index is 0.0564. The lowest BCUT2D eigenvalue weighted by Crippen LogP contribution is -2.27. The van der Waals surface area contributed by atoms with E-state index in [9.17, 15) is 4.39 Å². The molecule has 1 aromatic carbocycles. The molecule has 0 atom stereocenters. The van der Waals surface area contributed by atoms with Crippen LogP contribution in [-0.4, -0.2) is 9.55 Å². The fourth-order valence-electron chi connectivity index (χ4n) is 3.02. The number of nitrogen functional groups attached to an aromatic ring is 1. The number of rotatable bonds is 1. The molecule has 0 amide bonds. The molecule has 1 aliphatic rings. The van der Waals surface area contributed by atoms with E-state index in [1.54, 1.807) is 0 Å². The second-order valence-corrected chi connectivity index (χ2v) is 5.67. The average Bonchev–Trinajstić information content (AvgIpc) is 2.84. The number of hydrogen-bond donors (Lipinski definition) is 1. The highest BCUT2D eigenvalue weighted by Crippen LogP contribution is 2.40. The van der Waals surface area contributed by atoms with Crippen LogP contribution < -0.4 is 5.73 Å². The van der Waals surface area contributed by atoms with Gasteiger partial charge in [0, 0.05) is 11.6 Å². The summed E-state index contributed by atoms with van der Waals surface area (Å²) in [5.74, 6) is 0.0166. The van der Waals surface area contributed by atoms with E-state index in [4.69, 9.17) is 17.3 Å². The fourth-order valence-corrected chi connectivity index (χ4v) is 3.18. The molecule has 1 fully saturated rings. The maximum absolute atomic E-state index is 13.6. The van der Waals surface area contributed by atoms with E-state index in [1.165, 1.54) is 25.0 Å². The molecule has 1 aromatic heterocycles. The molecule has 5 heteroatoms. The van der Waals surface area contributed by atoms with Gasteiger partial charge < -0.3 is 10.3 Å². The molecule has 0 spiro atoms. The van der Waals surface area contributed by atoms with Gasteiger partial charge in [-0.15, -0.1) is 0 Å². The van der Waals surface area contributed by atoms with Gasteiger partial charge in [0.25, 0.3) is 0 Å². The Labute approximate surface area is 110 Å². The van der Waals surface area contributed by atoms with Crippen molar-refractivity contribution >= 4 is 28.6 Å². The van der Waals surface area contributed by atoms with Gasteiger partial charge in [-0.25, -0.2) is 9.37 Å². The summed E-state index contributed by atoms with van der Waals surface area (Å²) in [5.41, 5.74) is 7.34. The zero-order valence-electron chi connectivity index (χ0n) is 10.2. The Balaban J connectivity index is 2.28. The summed E-state index contributed by atoms with van der Waals surface area (Å²) >= 11 is 5.78. The van der Waals surface area contributed by atoms with E-state index >= 15 is 0 Å². The highest BCUT2D eigenvalue weighted by molar-refractivity contribution is 6.31. The molecular weight excluding hydrogens is 253 g/mol. The summed E-state index contributed by atoms with van der Waals surface area (Å²) in [6, 6.07) is 2.97. The van der Waals surface area contributed by atoms with E-state index in [2.05, 4.69) is 11.9 Å². The smallest absolute Gasteiger partial charge is 0.201 e. The van der Waals surface area contributed by atoms with E-state index in [1.807, 2.05) is 4.57 Å². The Morgan fingerprint density at radius 1 is 1.39 bits per heavy atom. The van der Waals surface area contributed by atoms with Gasteiger partial charge in [0.2, 0.25) is 5.95 Å². The van der Waals surface area contributed by atoms with Gasteiger partial charge in [-0.05, 0) is 25.8 Å². The quantitative estimate of drug-likeness (QED) is 0.856. The number of imidazole rings is 1. The van der Waals surface area contributed by atoms with Crippen LogP contribution in [0.3, 0.4) is 0 Å². The minimum atomic E-state index is -0.424. The Kier molecular flexibility index (Phi) is 2.52. The van der Waals surface area contributed by atoms with Gasteiger partial charge >= 0.3 is 0 Å². The summed E-state index contributed by atoms with van der Waals surface area (Å²) in [6.07, 6.45) is 4.44. The summed E-state index contributed by atoms with van der Waals surface area (Å²) in [5, 5.41) is 0.0868. The van der Waals surface area contributed by atoms with Crippen LogP contribution in [0.4, 0.5) is 10.3 Å². The van der Waals surface area contributed by atoms with Crippen molar-refractivity contribution in [1.82, 2.24) is 9.55 Å². The Morgan fingerprint density at radius 2 is 2.06 bits per heavy atom. The van der Waals surface area contributed by atoms with Crippen molar-refractivity contribution in [2.75, 3.05) is 5.73 Å². The van der Waals surface area contributed by atoms with E-state index in [0.29, 0.717) is 11.5 Å². The lowest BCUT2D eigenvalue weighted by atomic mass is 10.00. The van der Waals surface area contributed by atoms with Crippen LogP contribution >= 0.6 is 11.6 Å². The number of hydrogen-bond acceptors (Lipinski definition) is 2. The molecule has 1 saturated carbocycles. The second kappa shape index (κ2) is 3.85. The van der Waals surface area contributed by atoms with E-state index in [0.717, 1.165) is 18.4 Å². The number of nitrogens with two attached hydrogens (primary N) is 1. The fraction of sp³-hybridized carbons (Fsp3) is 0.462. The van der Waals surface area contributed by atoms with Crippen LogP contribution in [0.25, 0.3) is 11.0 Å². The Hall–Kier alpha value is -1.29. The van der Waals surface area contributed by atoms with Crippen LogP contribution in [0, 0.1) is 5.82 Å². The summed E-state index contributed by atoms with van der Waals surface area (Å²) in [6.45, 7) is 2.16. The SMILES string of the molecule is CC1(n2c(N)nc3cc(Cl)c(F)cc32)CCCC1. The Bertz CT molecular complexity index is 614. The normalized spacial score (nSPS) is 18.6. The zero-order valence-corrected chi connectivity index (χ0v) is 11.0. The molecule has 1 heterocycles. The maximum atomic E-state index is 13.6. The molecule has 1 aliphatic carbocycles. The van der Waals surface area contributed by atoms with Crippen molar-refractivity contribution in [3.63, 3.8) is 0 Å². The van der Waals surface area contributed by atoms with Crippen LogP contribution in [0.15, 0.2) is 12.1 Å². The monoisotopic (exact) mass is 267 g/mol. The van der Waals surface area contributed by atoms with Gasteiger partial charge in [-0.3, -0.25) is 0 Å². The topological polar surface area (TPSA) is 43.8 Å². The molecule has 2 aromatic rings. The predicted molar refractivity (Wildman–Crippen MR) is 71.2 cm³/mol. The average molecular weight is 268 g/mol. The molecular formula is C13H15ClFN3. The highest BCUT2D eigenvalue weighted by Gasteiger charge is 2.33. The lowest BCUT2D eigenvalue weighted by Gasteiger charge is -2.27. The predicted octanol–water partition coefficient (Wildman–Crippen LogP) is 3.70. The summed E-state index contributed by atoms with van der Waals surface area (Å²) < 4.78 is 15.6. The van der Waals surface area contributed by atoms with Crippen molar-refractivity contribution in [3.8, 4) is 0 Å². The molecule has 3 nitrogen and oxygen atoms in total. The van der Waals surface area contributed by atoms with Crippen LogP contribution in [0.5, 0.6) is 0 Å². The molecule has 2 N–H and O–H groups in total. The van der Waals surface area contributed by atoms with Crippen molar-refractivity contribution in [2.24, 2.45) is 0 Å². The van der Waals surface area contributed by atoms with E-state index < -0.39 is 5.82 Å². The van der Waals surface area contributed by atoms with Gasteiger partial charge in [-0.2, -0.15) is 0 Å². The van der Waals surface area contributed by atoms with Gasteiger partial charge in [-0.1, -0.05) is 24.4 Å². The van der Waals surface area contributed by atoms with Gasteiger partial charge in [0.15, 0.2) is 0 Å². The highest BCUT2D eigenvalue weighted by atomic mass is 35.5. The van der Waals surface area contributed by atoms with Crippen molar-refractivity contribution in [3.05, 3.63) is 23.0 Å². The molecule has 0 unspecified atom stereocenters. The number of aromatic nitrogens is 2. The molecule has 0 saturated heterocycles. The number of anilines is 1. The van der Waals surface area contributed by atoms with Crippen LogP contribution in [-0.2, 0) is 5.54 Å². The largest absolute Gasteiger partial charge is 0.369 e. The Morgan fingerprint density at radius 3 is 2.72 bits per heavy atom. The first-order valence-corrected chi connectivity index (χ1v) is 6.52. The molecule has 0 radical (unpaired) electrons. The van der Waals surface area contributed by atoms with Gasteiger partial charge in [0.1, 0.15) is 5.82 Å². The third-order valence-corrected chi connectivity index (χ3v) is 4.23. The first-order valence-electron chi connectivity index (χ1n) is 6.15. The molecule has 3 rings (SSSR count). The number of fused-ring (bicyclic) bond motifs is 1.